The number of ketones is 1. The fourth-order valence-corrected chi connectivity index (χ4v) is 8.55. The van der Waals surface area contributed by atoms with Crippen LogP contribution in [0.2, 0.25) is 0 Å². The van der Waals surface area contributed by atoms with E-state index in [4.69, 9.17) is 9.47 Å². The zero-order chi connectivity index (χ0) is 24.0. The van der Waals surface area contributed by atoms with E-state index < -0.39 is 0 Å². The fourth-order valence-electron chi connectivity index (χ4n) is 8.55. The fraction of sp³-hybridized carbons (Fsp3) is 0.633. The van der Waals surface area contributed by atoms with Crippen molar-refractivity contribution in [1.82, 2.24) is 0 Å². The van der Waals surface area contributed by atoms with E-state index in [1.54, 1.807) is 19.8 Å². The molecule has 4 aliphatic rings. The Morgan fingerprint density at radius 2 is 1.70 bits per heavy atom. The van der Waals surface area contributed by atoms with Crippen molar-refractivity contribution in [3.8, 4) is 11.5 Å². The van der Waals surface area contributed by atoms with Crippen LogP contribution in [0.1, 0.15) is 94.6 Å². The SMILES string of the molecule is COc1cc2c(c(C)c1OC)C(=O)C=C1[C@@]2(C)CC[C@@]2(C)[C@@H]3CC(C)=CC[C@]3(C)CC[C@]12C. The summed E-state index contributed by atoms with van der Waals surface area (Å²) >= 11 is 0. The highest BCUT2D eigenvalue weighted by atomic mass is 16.5. The van der Waals surface area contributed by atoms with E-state index in [0.717, 1.165) is 35.3 Å². The quantitative estimate of drug-likeness (QED) is 0.444. The van der Waals surface area contributed by atoms with Crippen molar-refractivity contribution in [2.45, 2.75) is 85.5 Å². The Balaban J connectivity index is 1.70. The van der Waals surface area contributed by atoms with Gasteiger partial charge >= 0.3 is 0 Å². The monoisotopic (exact) mass is 448 g/mol. The second-order valence-corrected chi connectivity index (χ2v) is 12.3. The predicted octanol–water partition coefficient (Wildman–Crippen LogP) is 7.36. The summed E-state index contributed by atoms with van der Waals surface area (Å²) in [5, 5.41) is 0. The molecule has 5 rings (SSSR count). The van der Waals surface area contributed by atoms with Gasteiger partial charge in [-0.15, -0.1) is 0 Å². The van der Waals surface area contributed by atoms with Crippen LogP contribution in [0.25, 0.3) is 0 Å². The van der Waals surface area contributed by atoms with Gasteiger partial charge in [-0.1, -0.05) is 39.3 Å². The van der Waals surface area contributed by atoms with E-state index in [1.807, 2.05) is 13.0 Å². The van der Waals surface area contributed by atoms with E-state index in [1.165, 1.54) is 31.3 Å². The van der Waals surface area contributed by atoms with Crippen LogP contribution in [-0.4, -0.2) is 20.0 Å². The number of ether oxygens (including phenoxy) is 2. The van der Waals surface area contributed by atoms with Crippen LogP contribution in [0, 0.1) is 29.1 Å². The number of carbonyl (C=O) groups excluding carboxylic acids is 1. The maximum absolute atomic E-state index is 13.7. The van der Waals surface area contributed by atoms with Gasteiger partial charge in [0.25, 0.3) is 0 Å². The maximum atomic E-state index is 13.7. The van der Waals surface area contributed by atoms with Crippen molar-refractivity contribution in [1.29, 1.82) is 0 Å². The molecule has 2 saturated carbocycles. The van der Waals surface area contributed by atoms with Crippen LogP contribution >= 0.6 is 0 Å². The number of methoxy groups -OCH3 is 2. The zero-order valence-corrected chi connectivity index (χ0v) is 21.8. The highest BCUT2D eigenvalue weighted by molar-refractivity contribution is 6.10. The second kappa shape index (κ2) is 6.99. The van der Waals surface area contributed by atoms with Crippen molar-refractivity contribution >= 4 is 5.78 Å². The average molecular weight is 449 g/mol. The van der Waals surface area contributed by atoms with E-state index >= 15 is 0 Å². The van der Waals surface area contributed by atoms with Crippen molar-refractivity contribution in [2.75, 3.05) is 14.2 Å². The molecular weight excluding hydrogens is 408 g/mol. The first kappa shape index (κ1) is 22.7. The van der Waals surface area contributed by atoms with Crippen molar-refractivity contribution in [3.05, 3.63) is 46.1 Å². The lowest BCUT2D eigenvalue weighted by Gasteiger charge is -2.68. The van der Waals surface area contributed by atoms with Crippen LogP contribution in [0.5, 0.6) is 11.5 Å². The molecular formula is C30H40O3. The smallest absolute Gasteiger partial charge is 0.186 e. The summed E-state index contributed by atoms with van der Waals surface area (Å²) in [7, 11) is 3.34. The molecule has 0 heterocycles. The first-order chi connectivity index (χ1) is 15.4. The molecule has 1 aromatic rings. The van der Waals surface area contributed by atoms with Gasteiger partial charge in [0.05, 0.1) is 14.2 Å². The Labute approximate surface area is 199 Å². The summed E-state index contributed by atoms with van der Waals surface area (Å²) in [6.45, 7) is 14.2. The topological polar surface area (TPSA) is 35.5 Å². The van der Waals surface area contributed by atoms with E-state index in [-0.39, 0.29) is 22.0 Å². The molecule has 3 nitrogen and oxygen atoms in total. The van der Waals surface area contributed by atoms with Crippen LogP contribution in [0.3, 0.4) is 0 Å². The van der Waals surface area contributed by atoms with Crippen LogP contribution in [0.4, 0.5) is 0 Å². The summed E-state index contributed by atoms with van der Waals surface area (Å²) in [5.41, 5.74) is 6.17. The molecule has 0 N–H and O–H groups in total. The van der Waals surface area contributed by atoms with Crippen LogP contribution in [-0.2, 0) is 5.41 Å². The molecule has 3 heteroatoms. The minimum Gasteiger partial charge on any atom is -0.493 e. The zero-order valence-electron chi connectivity index (χ0n) is 21.8. The highest BCUT2D eigenvalue weighted by Crippen LogP contribution is 2.73. The Hall–Kier alpha value is -2.03. The molecule has 0 aliphatic heterocycles. The molecule has 0 amide bonds. The summed E-state index contributed by atoms with van der Waals surface area (Å²) in [6, 6.07) is 2.10. The van der Waals surface area contributed by atoms with Crippen LogP contribution < -0.4 is 9.47 Å². The molecule has 0 unspecified atom stereocenters. The Morgan fingerprint density at radius 1 is 0.970 bits per heavy atom. The number of hydrogen-bond acceptors (Lipinski definition) is 3. The highest BCUT2D eigenvalue weighted by Gasteiger charge is 2.65. The normalized spacial score (nSPS) is 39.4. The van der Waals surface area contributed by atoms with Gasteiger partial charge in [-0.05, 0) is 97.8 Å². The average Bonchev–Trinajstić information content (AvgIpc) is 2.78. The van der Waals surface area contributed by atoms with E-state index in [9.17, 15) is 4.79 Å². The standard InChI is InChI=1S/C30H40O3/c1-18-9-10-27(3)11-13-30(6)24-17-21(31)25-19(2)26(33-8)22(32-7)16-20(25)28(24,4)12-14-29(30,5)23(27)15-18/h9,16-17,23H,10-15H2,1-8H3/t23-,27-,28+,29+,30-/m1/s1. The molecule has 2 fully saturated rings. The third kappa shape index (κ3) is 2.71. The third-order valence-electron chi connectivity index (χ3n) is 10.9. The molecule has 0 spiro atoms. The number of benzene rings is 1. The lowest BCUT2D eigenvalue weighted by molar-refractivity contribution is -0.122. The molecule has 1 aromatic carbocycles. The molecule has 0 radical (unpaired) electrons. The molecule has 0 aromatic heterocycles. The van der Waals surface area contributed by atoms with Gasteiger partial charge in [0.1, 0.15) is 0 Å². The Morgan fingerprint density at radius 3 is 2.36 bits per heavy atom. The van der Waals surface area contributed by atoms with Gasteiger partial charge in [-0.25, -0.2) is 0 Å². The number of hydrogen-bond donors (Lipinski definition) is 0. The largest absolute Gasteiger partial charge is 0.493 e. The number of allylic oxidation sites excluding steroid dienone is 4. The van der Waals surface area contributed by atoms with Crippen LogP contribution in [0.15, 0.2) is 29.4 Å². The van der Waals surface area contributed by atoms with Crippen molar-refractivity contribution < 1.29 is 14.3 Å². The first-order valence-electron chi connectivity index (χ1n) is 12.6. The maximum Gasteiger partial charge on any atom is 0.186 e. The Bertz CT molecular complexity index is 1110. The number of rotatable bonds is 2. The number of carbonyl (C=O) groups is 1. The van der Waals surface area contributed by atoms with Gasteiger partial charge in [0.15, 0.2) is 17.3 Å². The minimum atomic E-state index is -0.158. The first-order valence-corrected chi connectivity index (χ1v) is 12.6. The molecule has 33 heavy (non-hydrogen) atoms. The summed E-state index contributed by atoms with van der Waals surface area (Å²) in [5.74, 6) is 2.19. The second-order valence-electron chi connectivity index (χ2n) is 12.3. The predicted molar refractivity (Wildman–Crippen MR) is 133 cm³/mol. The summed E-state index contributed by atoms with van der Waals surface area (Å²) < 4.78 is 11.4. The molecule has 5 atom stereocenters. The van der Waals surface area contributed by atoms with Gasteiger partial charge < -0.3 is 9.47 Å². The van der Waals surface area contributed by atoms with Gasteiger partial charge in [-0.2, -0.15) is 0 Å². The summed E-state index contributed by atoms with van der Waals surface area (Å²) in [4.78, 5) is 13.7. The van der Waals surface area contributed by atoms with E-state index in [0.29, 0.717) is 17.1 Å². The van der Waals surface area contributed by atoms with Gasteiger partial charge in [0, 0.05) is 16.5 Å². The lowest BCUT2D eigenvalue weighted by Crippen LogP contribution is -2.61. The third-order valence-corrected chi connectivity index (χ3v) is 10.9. The van der Waals surface area contributed by atoms with Gasteiger partial charge in [0.2, 0.25) is 0 Å². The Kier molecular flexibility index (Phi) is 4.82. The molecule has 0 saturated heterocycles. The molecule has 178 valence electrons. The van der Waals surface area contributed by atoms with Gasteiger partial charge in [-0.3, -0.25) is 4.79 Å². The van der Waals surface area contributed by atoms with E-state index in [2.05, 4.69) is 46.8 Å². The molecule has 0 bridgehead atoms. The number of fused-ring (bicyclic) bond motifs is 7. The van der Waals surface area contributed by atoms with Crippen molar-refractivity contribution in [2.24, 2.45) is 22.2 Å². The van der Waals surface area contributed by atoms with Crippen molar-refractivity contribution in [3.63, 3.8) is 0 Å². The lowest BCUT2D eigenvalue weighted by atomic mass is 9.36. The molecule has 4 aliphatic carbocycles. The summed E-state index contributed by atoms with van der Waals surface area (Å²) in [6.07, 6.45) is 11.5. The minimum absolute atomic E-state index is 0.0101.